The van der Waals surface area contributed by atoms with Crippen LogP contribution in [0.4, 0.5) is 0 Å². The van der Waals surface area contributed by atoms with Gasteiger partial charge >= 0.3 is 0 Å². The molecule has 1 aliphatic heterocycles. The molecule has 1 fully saturated rings. The van der Waals surface area contributed by atoms with Crippen molar-refractivity contribution in [3.63, 3.8) is 0 Å². The fraction of sp³-hybridized carbons (Fsp3) is 0.579. The number of fused-ring (bicyclic) bond motifs is 1. The summed E-state index contributed by atoms with van der Waals surface area (Å²) in [4.78, 5) is 29.2. The second-order valence-electron chi connectivity index (χ2n) is 7.22. The molecule has 2 heterocycles. The summed E-state index contributed by atoms with van der Waals surface area (Å²) in [7, 11) is 5.75. The lowest BCUT2D eigenvalue weighted by molar-refractivity contribution is 0.0778. The van der Waals surface area contributed by atoms with Gasteiger partial charge in [-0.3, -0.25) is 9.59 Å². The highest BCUT2D eigenvalue weighted by Crippen LogP contribution is 2.23. The molecule has 5 heteroatoms. The Kier molecular flexibility index (Phi) is 4.90. The normalized spacial score (nSPS) is 18.0. The van der Waals surface area contributed by atoms with Crippen molar-refractivity contribution in [1.29, 1.82) is 0 Å². The second kappa shape index (κ2) is 6.93. The van der Waals surface area contributed by atoms with Gasteiger partial charge in [0.05, 0.1) is 5.56 Å². The summed E-state index contributed by atoms with van der Waals surface area (Å²) in [5.41, 5.74) is 2.20. The fourth-order valence-corrected chi connectivity index (χ4v) is 3.70. The molecular weight excluding hydrogens is 302 g/mol. The van der Waals surface area contributed by atoms with Gasteiger partial charge < -0.3 is 14.4 Å². The average molecular weight is 329 g/mol. The SMILES string of the molecule is CN1CCC(CCN(C)C(=O)c2cn(C)c(=O)c3c2C=CC3)CC1. The second-order valence-corrected chi connectivity index (χ2v) is 7.22. The van der Waals surface area contributed by atoms with E-state index < -0.39 is 0 Å². The minimum Gasteiger partial charge on any atom is -0.342 e. The number of hydrogen-bond donors (Lipinski definition) is 0. The Labute approximate surface area is 143 Å². The number of hydrogen-bond acceptors (Lipinski definition) is 3. The molecule has 1 aromatic heterocycles. The molecule has 0 radical (unpaired) electrons. The van der Waals surface area contributed by atoms with E-state index in [2.05, 4.69) is 11.9 Å². The monoisotopic (exact) mass is 329 g/mol. The van der Waals surface area contributed by atoms with Crippen LogP contribution in [-0.2, 0) is 13.5 Å². The van der Waals surface area contributed by atoms with E-state index in [9.17, 15) is 9.59 Å². The summed E-state index contributed by atoms with van der Waals surface area (Å²) in [6, 6.07) is 0. The van der Waals surface area contributed by atoms with Gasteiger partial charge in [0.2, 0.25) is 0 Å². The number of aromatic nitrogens is 1. The zero-order valence-electron chi connectivity index (χ0n) is 14.9. The molecule has 24 heavy (non-hydrogen) atoms. The summed E-state index contributed by atoms with van der Waals surface area (Å²) in [5, 5.41) is 0. The standard InChI is InChI=1S/C19H27N3O2/c1-20-10-7-14(8-11-20)9-12-21(2)19(24)17-13-22(3)18(23)16-6-4-5-15(16)17/h4-5,13-14H,6-12H2,1-3H3. The number of nitrogens with zero attached hydrogens (tertiary/aromatic N) is 3. The first-order valence-corrected chi connectivity index (χ1v) is 8.80. The van der Waals surface area contributed by atoms with Gasteiger partial charge in [-0.05, 0) is 57.3 Å². The molecule has 0 aromatic carbocycles. The molecule has 0 N–H and O–H groups in total. The van der Waals surface area contributed by atoms with E-state index in [1.54, 1.807) is 13.2 Å². The predicted molar refractivity (Wildman–Crippen MR) is 96.2 cm³/mol. The molecule has 5 nitrogen and oxygen atoms in total. The molecule has 0 unspecified atom stereocenters. The van der Waals surface area contributed by atoms with Gasteiger partial charge in [0, 0.05) is 32.4 Å². The number of carbonyl (C=O) groups is 1. The van der Waals surface area contributed by atoms with Crippen molar-refractivity contribution in [3.05, 3.63) is 39.3 Å². The van der Waals surface area contributed by atoms with Crippen molar-refractivity contribution >= 4 is 12.0 Å². The number of allylic oxidation sites excluding steroid dienone is 1. The van der Waals surface area contributed by atoms with Crippen molar-refractivity contribution in [1.82, 2.24) is 14.4 Å². The van der Waals surface area contributed by atoms with Crippen molar-refractivity contribution in [2.24, 2.45) is 13.0 Å². The van der Waals surface area contributed by atoms with Crippen molar-refractivity contribution < 1.29 is 4.79 Å². The molecule has 3 rings (SSSR count). The van der Waals surface area contributed by atoms with E-state index in [0.29, 0.717) is 17.9 Å². The van der Waals surface area contributed by atoms with E-state index in [1.165, 1.54) is 17.4 Å². The third kappa shape index (κ3) is 3.31. The van der Waals surface area contributed by atoms with Gasteiger partial charge in [0.1, 0.15) is 0 Å². The van der Waals surface area contributed by atoms with Crippen LogP contribution in [0.2, 0.25) is 0 Å². The topological polar surface area (TPSA) is 45.5 Å². The molecule has 0 bridgehead atoms. The highest BCUT2D eigenvalue weighted by Gasteiger charge is 2.23. The van der Waals surface area contributed by atoms with Crippen LogP contribution in [0, 0.1) is 5.92 Å². The molecule has 1 saturated heterocycles. The largest absolute Gasteiger partial charge is 0.342 e. The smallest absolute Gasteiger partial charge is 0.255 e. The summed E-state index contributed by atoms with van der Waals surface area (Å²) in [5.74, 6) is 0.725. The molecule has 0 atom stereocenters. The van der Waals surface area contributed by atoms with Crippen LogP contribution in [0.15, 0.2) is 17.1 Å². The van der Waals surface area contributed by atoms with Gasteiger partial charge in [0.15, 0.2) is 0 Å². The van der Waals surface area contributed by atoms with Gasteiger partial charge in [-0.25, -0.2) is 0 Å². The van der Waals surface area contributed by atoms with E-state index in [-0.39, 0.29) is 11.5 Å². The maximum Gasteiger partial charge on any atom is 0.255 e. The van der Waals surface area contributed by atoms with E-state index in [4.69, 9.17) is 0 Å². The molecule has 130 valence electrons. The van der Waals surface area contributed by atoms with Gasteiger partial charge in [0.25, 0.3) is 11.5 Å². The molecular formula is C19H27N3O2. The Bertz CT molecular complexity index is 712. The van der Waals surface area contributed by atoms with Crippen molar-refractivity contribution in [2.75, 3.05) is 33.7 Å². The maximum absolute atomic E-state index is 12.9. The predicted octanol–water partition coefficient (Wildman–Crippen LogP) is 1.76. The minimum atomic E-state index is 0.000489. The quantitative estimate of drug-likeness (QED) is 0.845. The van der Waals surface area contributed by atoms with E-state index in [1.807, 2.05) is 24.1 Å². The molecule has 2 aliphatic rings. The van der Waals surface area contributed by atoms with Gasteiger partial charge in [-0.2, -0.15) is 0 Å². The summed E-state index contributed by atoms with van der Waals surface area (Å²) in [6.45, 7) is 3.08. The third-order valence-corrected chi connectivity index (χ3v) is 5.41. The summed E-state index contributed by atoms with van der Waals surface area (Å²) >= 11 is 0. The van der Waals surface area contributed by atoms with Crippen LogP contribution in [0.25, 0.3) is 6.08 Å². The summed E-state index contributed by atoms with van der Waals surface area (Å²) < 4.78 is 1.53. The highest BCUT2D eigenvalue weighted by atomic mass is 16.2. The first-order valence-electron chi connectivity index (χ1n) is 8.80. The molecule has 0 spiro atoms. The van der Waals surface area contributed by atoms with Crippen LogP contribution in [0.1, 0.15) is 40.7 Å². The van der Waals surface area contributed by atoms with Crippen LogP contribution >= 0.6 is 0 Å². The van der Waals surface area contributed by atoms with E-state index in [0.717, 1.165) is 37.2 Å². The van der Waals surface area contributed by atoms with Crippen molar-refractivity contribution in [2.45, 2.75) is 25.7 Å². The maximum atomic E-state index is 12.9. The number of likely N-dealkylation sites (tertiary alicyclic amines) is 1. The molecule has 1 amide bonds. The Balaban J connectivity index is 1.68. The minimum absolute atomic E-state index is 0.000489. The Hall–Kier alpha value is -1.88. The molecule has 1 aliphatic carbocycles. The van der Waals surface area contributed by atoms with E-state index >= 15 is 0 Å². The van der Waals surface area contributed by atoms with Crippen LogP contribution in [0.5, 0.6) is 0 Å². The first kappa shape index (κ1) is 17.0. The molecule has 0 saturated carbocycles. The van der Waals surface area contributed by atoms with Crippen LogP contribution < -0.4 is 5.56 Å². The van der Waals surface area contributed by atoms with Gasteiger partial charge in [-0.15, -0.1) is 0 Å². The lowest BCUT2D eigenvalue weighted by Gasteiger charge is -2.30. The van der Waals surface area contributed by atoms with Gasteiger partial charge in [-0.1, -0.05) is 12.2 Å². The first-order chi connectivity index (χ1) is 11.5. The Morgan fingerprint density at radius 1 is 1.29 bits per heavy atom. The summed E-state index contributed by atoms with van der Waals surface area (Å²) in [6.07, 6.45) is 9.68. The highest BCUT2D eigenvalue weighted by molar-refractivity contribution is 5.98. The van der Waals surface area contributed by atoms with Crippen LogP contribution in [-0.4, -0.2) is 54.0 Å². The lowest BCUT2D eigenvalue weighted by Crippen LogP contribution is -2.34. The number of carbonyl (C=O) groups excluding carboxylic acids is 1. The third-order valence-electron chi connectivity index (χ3n) is 5.41. The van der Waals surface area contributed by atoms with Crippen LogP contribution in [0.3, 0.4) is 0 Å². The Morgan fingerprint density at radius 3 is 2.71 bits per heavy atom. The number of amides is 1. The molecule has 1 aromatic rings. The fourth-order valence-electron chi connectivity index (χ4n) is 3.70. The Morgan fingerprint density at radius 2 is 2.00 bits per heavy atom. The lowest BCUT2D eigenvalue weighted by atomic mass is 9.93. The van der Waals surface area contributed by atoms with Crippen molar-refractivity contribution in [3.8, 4) is 0 Å². The zero-order chi connectivity index (χ0) is 17.3. The zero-order valence-corrected chi connectivity index (χ0v) is 14.9. The number of pyridine rings is 1. The number of rotatable bonds is 4. The number of piperidine rings is 1. The number of aryl methyl sites for hydroxylation is 1. The average Bonchev–Trinajstić information content (AvgIpc) is 3.06.